The third-order valence-corrected chi connectivity index (χ3v) is 6.67. The topological polar surface area (TPSA) is 49.7 Å². The summed E-state index contributed by atoms with van der Waals surface area (Å²) in [6.45, 7) is 0. The first-order valence-electron chi connectivity index (χ1n) is 7.97. The van der Waals surface area contributed by atoms with Gasteiger partial charge in [0.15, 0.2) is 0 Å². The van der Waals surface area contributed by atoms with E-state index in [-0.39, 0.29) is 40.9 Å². The third-order valence-electron chi connectivity index (χ3n) is 6.00. The molecule has 23 heavy (non-hydrogen) atoms. The zero-order valence-corrected chi connectivity index (χ0v) is 14.5. The van der Waals surface area contributed by atoms with Gasteiger partial charge in [-0.15, -0.1) is 0 Å². The number of hydrazone groups is 1. The Balaban J connectivity index is 1.44. The first-order chi connectivity index (χ1) is 11.1. The molecule has 4 nitrogen and oxygen atoms in total. The molecule has 4 atom stereocenters. The number of hydrogen-bond donors (Lipinski definition) is 0. The van der Waals surface area contributed by atoms with Gasteiger partial charge in [0.25, 0.3) is 11.8 Å². The molecule has 1 saturated heterocycles. The Morgan fingerprint density at radius 1 is 1.13 bits per heavy atom. The van der Waals surface area contributed by atoms with E-state index in [1.807, 2.05) is 24.3 Å². The van der Waals surface area contributed by atoms with Crippen LogP contribution in [-0.4, -0.2) is 23.0 Å². The molecule has 1 aromatic rings. The van der Waals surface area contributed by atoms with E-state index in [2.05, 4.69) is 39.8 Å². The molecule has 2 amide bonds. The minimum absolute atomic E-state index is 0.106. The lowest BCUT2D eigenvalue weighted by molar-refractivity contribution is -0.141. The van der Waals surface area contributed by atoms with Crippen LogP contribution in [-0.2, 0) is 9.59 Å². The summed E-state index contributed by atoms with van der Waals surface area (Å²) >= 11 is 2.23. The van der Waals surface area contributed by atoms with Gasteiger partial charge in [-0.1, -0.05) is 24.3 Å². The van der Waals surface area contributed by atoms with Crippen molar-refractivity contribution in [2.24, 2.45) is 34.2 Å². The van der Waals surface area contributed by atoms with Gasteiger partial charge in [-0.25, -0.2) is 0 Å². The molecule has 2 saturated carbocycles. The van der Waals surface area contributed by atoms with Crippen LogP contribution in [0.25, 0.3) is 0 Å². The number of imide groups is 1. The fourth-order valence-electron chi connectivity index (χ4n) is 4.89. The lowest BCUT2D eigenvalue weighted by Gasteiger charge is -2.18. The smallest absolute Gasteiger partial charge is 0.254 e. The average molecular weight is 418 g/mol. The van der Waals surface area contributed by atoms with Crippen LogP contribution in [0.3, 0.4) is 0 Å². The quantitative estimate of drug-likeness (QED) is 0.321. The predicted octanol–water partition coefficient (Wildman–Crippen LogP) is 2.82. The fraction of sp³-hybridized carbons (Fsp3) is 0.389. The van der Waals surface area contributed by atoms with Crippen molar-refractivity contribution in [2.75, 3.05) is 0 Å². The third kappa shape index (κ3) is 1.74. The van der Waals surface area contributed by atoms with E-state index in [0.717, 1.165) is 27.0 Å². The molecule has 0 radical (unpaired) electrons. The number of amides is 2. The molecule has 4 unspecified atom stereocenters. The molecule has 3 aliphatic carbocycles. The molecule has 1 aromatic carbocycles. The highest BCUT2D eigenvalue weighted by Crippen LogP contribution is 2.73. The molecule has 1 spiro atoms. The standard InChI is InChI=1S/C18H15IN2O2/c19-11-3-1-2-10(8-11)9-20-21-16(22)14-12-4-5-13(15(14)17(21)23)18(12)6-7-18/h1-5,8-9,12-15H,6-7H2/b20-9+. The van der Waals surface area contributed by atoms with Crippen LogP contribution in [0.2, 0.25) is 0 Å². The van der Waals surface area contributed by atoms with Crippen LogP contribution in [0.4, 0.5) is 0 Å². The SMILES string of the molecule is O=C1C2C(C(=O)N1/N=C/c1cccc(I)c1)C1C=CC2C12CC2. The van der Waals surface area contributed by atoms with Crippen molar-refractivity contribution in [3.8, 4) is 0 Å². The first-order valence-corrected chi connectivity index (χ1v) is 9.05. The lowest BCUT2D eigenvalue weighted by Crippen LogP contribution is -2.30. The van der Waals surface area contributed by atoms with Crippen molar-refractivity contribution in [2.45, 2.75) is 12.8 Å². The minimum Gasteiger partial charge on any atom is -0.272 e. The molecule has 0 N–H and O–H groups in total. The Hall–Kier alpha value is -1.50. The fourth-order valence-corrected chi connectivity index (χ4v) is 5.46. The number of allylic oxidation sites excluding steroid dienone is 2. The number of benzene rings is 1. The number of halogens is 1. The Kier molecular flexibility index (Phi) is 2.73. The molecule has 1 heterocycles. The summed E-state index contributed by atoms with van der Waals surface area (Å²) in [5, 5.41) is 5.34. The number of carbonyl (C=O) groups is 2. The van der Waals surface area contributed by atoms with E-state index >= 15 is 0 Å². The molecule has 4 aliphatic rings. The van der Waals surface area contributed by atoms with Gasteiger partial charge < -0.3 is 0 Å². The van der Waals surface area contributed by atoms with Gasteiger partial charge in [-0.05, 0) is 70.4 Å². The Bertz CT molecular complexity index is 762. The van der Waals surface area contributed by atoms with E-state index in [0.29, 0.717) is 0 Å². The Morgan fingerprint density at radius 2 is 1.78 bits per heavy atom. The van der Waals surface area contributed by atoms with Crippen LogP contribution < -0.4 is 0 Å². The van der Waals surface area contributed by atoms with Crippen molar-refractivity contribution in [3.63, 3.8) is 0 Å². The summed E-state index contributed by atoms with van der Waals surface area (Å²) in [4.78, 5) is 25.5. The summed E-state index contributed by atoms with van der Waals surface area (Å²) in [7, 11) is 0. The summed E-state index contributed by atoms with van der Waals surface area (Å²) in [5.74, 6) is -0.0465. The highest BCUT2D eigenvalue weighted by molar-refractivity contribution is 14.1. The summed E-state index contributed by atoms with van der Waals surface area (Å²) in [6, 6.07) is 7.82. The van der Waals surface area contributed by atoms with Gasteiger partial charge in [0.1, 0.15) is 0 Å². The molecular weight excluding hydrogens is 403 g/mol. The maximum atomic E-state index is 12.7. The molecule has 5 rings (SSSR count). The maximum Gasteiger partial charge on any atom is 0.254 e. The van der Waals surface area contributed by atoms with Gasteiger partial charge >= 0.3 is 0 Å². The highest BCUT2D eigenvalue weighted by Gasteiger charge is 2.73. The van der Waals surface area contributed by atoms with E-state index in [1.165, 1.54) is 0 Å². The minimum atomic E-state index is -0.173. The van der Waals surface area contributed by atoms with Crippen LogP contribution >= 0.6 is 22.6 Å². The van der Waals surface area contributed by atoms with Gasteiger partial charge in [-0.2, -0.15) is 10.1 Å². The largest absolute Gasteiger partial charge is 0.272 e. The van der Waals surface area contributed by atoms with Gasteiger partial charge in [-0.3, -0.25) is 9.59 Å². The second-order valence-corrected chi connectivity index (χ2v) is 8.25. The van der Waals surface area contributed by atoms with Crippen LogP contribution in [0.15, 0.2) is 41.5 Å². The molecule has 116 valence electrons. The number of carbonyl (C=O) groups excluding carboxylic acids is 2. The van der Waals surface area contributed by atoms with E-state index < -0.39 is 0 Å². The van der Waals surface area contributed by atoms with Crippen molar-refractivity contribution in [1.82, 2.24) is 5.01 Å². The zero-order valence-electron chi connectivity index (χ0n) is 12.4. The van der Waals surface area contributed by atoms with Gasteiger partial charge in [0, 0.05) is 3.57 Å². The second kappa shape index (κ2) is 4.53. The number of rotatable bonds is 2. The van der Waals surface area contributed by atoms with Crippen molar-refractivity contribution >= 4 is 40.6 Å². The normalized spacial score (nSPS) is 35.8. The van der Waals surface area contributed by atoms with Crippen LogP contribution in [0.1, 0.15) is 18.4 Å². The van der Waals surface area contributed by atoms with Crippen molar-refractivity contribution < 1.29 is 9.59 Å². The highest BCUT2D eigenvalue weighted by atomic mass is 127. The van der Waals surface area contributed by atoms with Crippen molar-refractivity contribution in [3.05, 3.63) is 45.6 Å². The first kappa shape index (κ1) is 13.9. The molecule has 2 bridgehead atoms. The lowest BCUT2D eigenvalue weighted by atomic mass is 9.85. The maximum absolute atomic E-state index is 12.7. The molecule has 3 fully saturated rings. The Labute approximate surface area is 147 Å². The molecule has 5 heteroatoms. The van der Waals surface area contributed by atoms with Crippen LogP contribution in [0, 0.1) is 32.7 Å². The summed E-state index contributed by atoms with van der Waals surface area (Å²) in [6.07, 6.45) is 8.29. The van der Waals surface area contributed by atoms with E-state index in [4.69, 9.17) is 0 Å². The van der Waals surface area contributed by atoms with Gasteiger partial charge in [0.2, 0.25) is 0 Å². The van der Waals surface area contributed by atoms with Crippen LogP contribution in [0.5, 0.6) is 0 Å². The zero-order chi connectivity index (χ0) is 15.8. The average Bonchev–Trinajstić information content (AvgIpc) is 3.13. The Morgan fingerprint density at radius 3 is 2.35 bits per heavy atom. The van der Waals surface area contributed by atoms with Crippen molar-refractivity contribution in [1.29, 1.82) is 0 Å². The summed E-state index contributed by atoms with van der Waals surface area (Å²) < 4.78 is 1.10. The second-order valence-electron chi connectivity index (χ2n) is 7.01. The predicted molar refractivity (Wildman–Crippen MR) is 93.4 cm³/mol. The van der Waals surface area contributed by atoms with E-state index in [1.54, 1.807) is 6.21 Å². The monoisotopic (exact) mass is 418 g/mol. The molecular formula is C18H15IN2O2. The number of hydrogen-bond acceptors (Lipinski definition) is 3. The molecule has 0 aromatic heterocycles. The molecule has 1 aliphatic heterocycles. The summed E-state index contributed by atoms with van der Waals surface area (Å²) in [5.41, 5.74) is 1.14. The number of nitrogens with zero attached hydrogens (tertiary/aromatic N) is 2. The number of fused-ring (bicyclic) bond motifs is 3. The van der Waals surface area contributed by atoms with Gasteiger partial charge in [0.05, 0.1) is 18.1 Å². The van der Waals surface area contributed by atoms with E-state index in [9.17, 15) is 9.59 Å².